The third kappa shape index (κ3) is 4.70. The van der Waals surface area contributed by atoms with Gasteiger partial charge in [0.05, 0.1) is 29.4 Å². The number of nitrogens with zero attached hydrogens (tertiary/aromatic N) is 3. The summed E-state index contributed by atoms with van der Waals surface area (Å²) in [5.41, 5.74) is 1.91. The molecular weight excluding hydrogens is 496 g/mol. The van der Waals surface area contributed by atoms with Crippen molar-refractivity contribution in [2.75, 3.05) is 11.9 Å². The maximum absolute atomic E-state index is 13.5. The Labute approximate surface area is 216 Å². The number of nitrogens with one attached hydrogen (secondary N) is 1. The number of carbonyl (C=O) groups excluding carboxylic acids is 1. The van der Waals surface area contributed by atoms with Crippen molar-refractivity contribution in [1.82, 2.24) is 14.3 Å². The van der Waals surface area contributed by atoms with E-state index in [9.17, 15) is 14.7 Å². The van der Waals surface area contributed by atoms with Crippen LogP contribution in [0.15, 0.2) is 81.2 Å². The fraction of sp³-hybridized carbons (Fsp3) is 0.154. The van der Waals surface area contributed by atoms with E-state index in [1.807, 2.05) is 43.3 Å². The maximum Gasteiger partial charge on any atom is 0.267 e. The number of furan rings is 1. The molecule has 0 spiro atoms. The largest absolute Gasteiger partial charge is 0.467 e. The highest BCUT2D eigenvalue weighted by Crippen LogP contribution is 2.34. The van der Waals surface area contributed by atoms with Gasteiger partial charge in [0.25, 0.3) is 11.5 Å². The van der Waals surface area contributed by atoms with Crippen LogP contribution >= 0.6 is 24.0 Å². The normalized spacial score (nSPS) is 15.7. The van der Waals surface area contributed by atoms with Crippen LogP contribution in [0.5, 0.6) is 0 Å². The molecular formula is C26H22N4O4S2. The first-order chi connectivity index (χ1) is 17.4. The van der Waals surface area contributed by atoms with E-state index in [1.165, 1.54) is 21.6 Å². The molecule has 3 aromatic heterocycles. The van der Waals surface area contributed by atoms with Crippen LogP contribution in [0.3, 0.4) is 0 Å². The number of aromatic nitrogens is 2. The third-order valence-corrected chi connectivity index (χ3v) is 7.15. The predicted molar refractivity (Wildman–Crippen MR) is 144 cm³/mol. The van der Waals surface area contributed by atoms with Crippen LogP contribution in [0.25, 0.3) is 11.7 Å². The first-order valence-corrected chi connectivity index (χ1v) is 12.4. The Kier molecular flexibility index (Phi) is 6.73. The summed E-state index contributed by atoms with van der Waals surface area (Å²) in [6.45, 7) is 2.19. The highest BCUT2D eigenvalue weighted by Gasteiger charge is 2.33. The molecule has 1 amide bonds. The lowest BCUT2D eigenvalue weighted by Crippen LogP contribution is -2.27. The van der Waals surface area contributed by atoms with Gasteiger partial charge in [0.15, 0.2) is 0 Å². The number of rotatable bonds is 7. The summed E-state index contributed by atoms with van der Waals surface area (Å²) in [5.74, 6) is 0.568. The molecule has 4 heterocycles. The lowest BCUT2D eigenvalue weighted by atomic mass is 10.1. The monoisotopic (exact) mass is 518 g/mol. The van der Waals surface area contributed by atoms with Gasteiger partial charge in [-0.2, -0.15) is 0 Å². The summed E-state index contributed by atoms with van der Waals surface area (Å²) < 4.78 is 7.18. The molecule has 182 valence electrons. The molecule has 2 N–H and O–H groups in total. The predicted octanol–water partition coefficient (Wildman–Crippen LogP) is 4.14. The van der Waals surface area contributed by atoms with Gasteiger partial charge in [0.2, 0.25) is 0 Å². The number of aliphatic hydroxyl groups is 1. The van der Waals surface area contributed by atoms with Crippen LogP contribution in [-0.2, 0) is 11.3 Å². The van der Waals surface area contributed by atoms with Crippen molar-refractivity contribution in [2.45, 2.75) is 19.6 Å². The number of carbonyl (C=O) groups is 1. The average molecular weight is 519 g/mol. The van der Waals surface area contributed by atoms with Crippen molar-refractivity contribution in [3.63, 3.8) is 0 Å². The van der Waals surface area contributed by atoms with Crippen LogP contribution < -0.4 is 10.9 Å². The van der Waals surface area contributed by atoms with Gasteiger partial charge in [0, 0.05) is 12.7 Å². The van der Waals surface area contributed by atoms with Gasteiger partial charge >= 0.3 is 0 Å². The quantitative estimate of drug-likeness (QED) is 0.278. The Morgan fingerprint density at radius 1 is 1.17 bits per heavy atom. The summed E-state index contributed by atoms with van der Waals surface area (Å²) in [7, 11) is 0. The Morgan fingerprint density at radius 2 is 1.97 bits per heavy atom. The number of amides is 1. The van der Waals surface area contributed by atoms with Crippen molar-refractivity contribution < 1.29 is 14.3 Å². The standard InChI is InChI=1S/C26H22N4O4S2/c1-16-7-5-11-29-23(16)28-22(27-14-20(31)17-8-3-2-4-9-17)19(24(29)32)13-21-25(33)30(26(35)36-21)15-18-10-6-12-34-18/h2-13,20,27,31H,14-15H2,1H3/b21-13-/t20-/m0/s1. The molecule has 0 unspecified atom stereocenters. The molecule has 0 aliphatic carbocycles. The van der Waals surface area contributed by atoms with Crippen molar-refractivity contribution in [1.29, 1.82) is 0 Å². The molecule has 36 heavy (non-hydrogen) atoms. The van der Waals surface area contributed by atoms with Crippen molar-refractivity contribution in [3.8, 4) is 0 Å². The second-order valence-electron chi connectivity index (χ2n) is 8.22. The van der Waals surface area contributed by atoms with Gasteiger partial charge < -0.3 is 14.8 Å². The number of hydrogen-bond donors (Lipinski definition) is 2. The van der Waals surface area contributed by atoms with Crippen LogP contribution in [0, 0.1) is 6.92 Å². The Hall–Kier alpha value is -3.73. The molecule has 8 nitrogen and oxygen atoms in total. The number of anilines is 1. The molecule has 1 aliphatic heterocycles. The van der Waals surface area contributed by atoms with Gasteiger partial charge in [0.1, 0.15) is 21.5 Å². The van der Waals surface area contributed by atoms with E-state index in [4.69, 9.17) is 16.6 Å². The summed E-state index contributed by atoms with van der Waals surface area (Å²) >= 11 is 6.54. The van der Waals surface area contributed by atoms with E-state index in [0.717, 1.165) is 22.9 Å². The third-order valence-electron chi connectivity index (χ3n) is 5.77. The van der Waals surface area contributed by atoms with Gasteiger partial charge in [-0.15, -0.1) is 0 Å². The topological polar surface area (TPSA) is 100 Å². The van der Waals surface area contributed by atoms with Crippen molar-refractivity contribution >= 4 is 51.7 Å². The molecule has 5 rings (SSSR count). The lowest BCUT2D eigenvalue weighted by Gasteiger charge is -2.15. The molecule has 1 aromatic carbocycles. The summed E-state index contributed by atoms with van der Waals surface area (Å²) in [6, 6.07) is 16.4. The molecule has 1 fully saturated rings. The molecule has 0 radical (unpaired) electrons. The van der Waals surface area contributed by atoms with E-state index >= 15 is 0 Å². The van der Waals surface area contributed by atoms with Crippen LogP contribution in [0.4, 0.5) is 5.82 Å². The first kappa shape index (κ1) is 24.0. The number of fused-ring (bicyclic) bond motifs is 1. The van der Waals surface area contributed by atoms with E-state index < -0.39 is 6.10 Å². The summed E-state index contributed by atoms with van der Waals surface area (Å²) in [4.78, 5) is 33.1. The van der Waals surface area contributed by atoms with Crippen molar-refractivity contribution in [2.24, 2.45) is 0 Å². The molecule has 1 aliphatic rings. The smallest absolute Gasteiger partial charge is 0.267 e. The number of benzene rings is 1. The molecule has 4 aromatic rings. The fourth-order valence-corrected chi connectivity index (χ4v) is 5.13. The lowest BCUT2D eigenvalue weighted by molar-refractivity contribution is -0.122. The van der Waals surface area contributed by atoms with E-state index in [1.54, 1.807) is 24.4 Å². The molecule has 1 saturated heterocycles. The zero-order chi connectivity index (χ0) is 25.2. The average Bonchev–Trinajstić information content (AvgIpc) is 3.49. The van der Waals surface area contributed by atoms with Crippen molar-refractivity contribution in [3.05, 3.63) is 105 Å². The highest BCUT2D eigenvalue weighted by molar-refractivity contribution is 8.26. The second kappa shape index (κ2) is 10.1. The molecule has 0 bridgehead atoms. The van der Waals surface area contributed by atoms with E-state index in [2.05, 4.69) is 10.3 Å². The summed E-state index contributed by atoms with van der Waals surface area (Å²) in [5, 5.41) is 13.8. The number of pyridine rings is 1. The maximum atomic E-state index is 13.5. The first-order valence-electron chi connectivity index (χ1n) is 11.2. The number of thiocarbonyl (C=S) groups is 1. The number of hydrogen-bond acceptors (Lipinski definition) is 8. The molecule has 1 atom stereocenters. The Bertz CT molecular complexity index is 1530. The van der Waals surface area contributed by atoms with E-state index in [-0.39, 0.29) is 35.9 Å². The highest BCUT2D eigenvalue weighted by atomic mass is 32.2. The molecule has 10 heteroatoms. The van der Waals surface area contributed by atoms with Gasteiger partial charge in [-0.3, -0.25) is 18.9 Å². The zero-order valence-electron chi connectivity index (χ0n) is 19.2. The number of aryl methyl sites for hydroxylation is 1. The van der Waals surface area contributed by atoms with Gasteiger partial charge in [-0.1, -0.05) is 60.4 Å². The number of thioether (sulfide) groups is 1. The minimum Gasteiger partial charge on any atom is -0.467 e. The number of aliphatic hydroxyl groups excluding tert-OH is 1. The van der Waals surface area contributed by atoms with Gasteiger partial charge in [-0.25, -0.2) is 4.98 Å². The second-order valence-corrected chi connectivity index (χ2v) is 9.89. The minimum absolute atomic E-state index is 0.124. The van der Waals surface area contributed by atoms with Crippen LogP contribution in [-0.4, -0.2) is 36.2 Å². The zero-order valence-corrected chi connectivity index (χ0v) is 20.9. The Morgan fingerprint density at radius 3 is 2.72 bits per heavy atom. The Balaban J connectivity index is 1.52. The van der Waals surface area contributed by atoms with Crippen LogP contribution in [0.1, 0.15) is 28.6 Å². The fourth-order valence-electron chi connectivity index (χ4n) is 3.89. The summed E-state index contributed by atoms with van der Waals surface area (Å²) in [6.07, 6.45) is 3.87. The van der Waals surface area contributed by atoms with Crippen LogP contribution in [0.2, 0.25) is 0 Å². The SMILES string of the molecule is Cc1cccn2c(=O)c(/C=C3\SC(=S)N(Cc4ccco4)C3=O)c(NC[C@H](O)c3ccccc3)nc12. The molecule has 0 saturated carbocycles. The van der Waals surface area contributed by atoms with E-state index in [0.29, 0.717) is 20.6 Å². The minimum atomic E-state index is -0.817. The van der Waals surface area contributed by atoms with Gasteiger partial charge in [-0.05, 0) is 42.3 Å².